The lowest BCUT2D eigenvalue weighted by molar-refractivity contribution is 0.263. The van der Waals surface area contributed by atoms with Crippen molar-refractivity contribution >= 4 is 0 Å². The predicted molar refractivity (Wildman–Crippen MR) is 70.4 cm³/mol. The normalized spacial score (nSPS) is 26.8. The molecule has 94 valence electrons. The average Bonchev–Trinajstić information content (AvgIpc) is 2.38. The summed E-state index contributed by atoms with van der Waals surface area (Å²) in [5, 5.41) is 0. The molecule has 2 saturated carbocycles. The van der Waals surface area contributed by atoms with Crippen LogP contribution in [0.4, 0.5) is 0 Å². The maximum Gasteiger partial charge on any atom is 0.00672 e. The van der Waals surface area contributed by atoms with Gasteiger partial charge in [-0.05, 0) is 37.5 Å². The molecule has 0 saturated heterocycles. The minimum absolute atomic E-state index is 0.516. The Labute approximate surface area is 101 Å². The van der Waals surface area contributed by atoms with Gasteiger partial charge in [0, 0.05) is 6.04 Å². The fourth-order valence-electron chi connectivity index (χ4n) is 3.70. The number of hydrogen-bond acceptors (Lipinski definition) is 1. The third-order valence-corrected chi connectivity index (χ3v) is 4.89. The first-order valence-corrected chi connectivity index (χ1v) is 7.62. The molecule has 2 aliphatic rings. The van der Waals surface area contributed by atoms with Crippen LogP contribution in [0.1, 0.15) is 77.0 Å². The lowest BCUT2D eigenvalue weighted by atomic mass is 9.79. The maximum absolute atomic E-state index is 6.37. The molecule has 0 aromatic heterocycles. The second kappa shape index (κ2) is 6.64. The SMILES string of the molecule is N[C@H](CCC1CCCCC1)C1CCCCC1. The summed E-state index contributed by atoms with van der Waals surface area (Å²) in [5.41, 5.74) is 6.37. The topological polar surface area (TPSA) is 26.0 Å². The molecule has 0 aromatic rings. The zero-order chi connectivity index (χ0) is 11.2. The van der Waals surface area contributed by atoms with Gasteiger partial charge >= 0.3 is 0 Å². The van der Waals surface area contributed by atoms with Crippen molar-refractivity contribution in [3.05, 3.63) is 0 Å². The van der Waals surface area contributed by atoms with Crippen molar-refractivity contribution in [2.45, 2.75) is 83.1 Å². The summed E-state index contributed by atoms with van der Waals surface area (Å²) in [6.07, 6.45) is 17.2. The minimum Gasteiger partial charge on any atom is -0.327 e. The first-order valence-electron chi connectivity index (χ1n) is 7.62. The number of hydrogen-bond donors (Lipinski definition) is 1. The van der Waals surface area contributed by atoms with Gasteiger partial charge in [0.05, 0.1) is 0 Å². The fourth-order valence-corrected chi connectivity index (χ4v) is 3.70. The Morgan fingerprint density at radius 3 is 2.00 bits per heavy atom. The zero-order valence-electron chi connectivity index (χ0n) is 10.8. The summed E-state index contributed by atoms with van der Waals surface area (Å²) in [5.74, 6) is 1.88. The van der Waals surface area contributed by atoms with Gasteiger partial charge in [-0.3, -0.25) is 0 Å². The maximum atomic E-state index is 6.37. The summed E-state index contributed by atoms with van der Waals surface area (Å²) in [7, 11) is 0. The van der Waals surface area contributed by atoms with E-state index in [0.29, 0.717) is 6.04 Å². The van der Waals surface area contributed by atoms with Crippen LogP contribution >= 0.6 is 0 Å². The van der Waals surface area contributed by atoms with Crippen LogP contribution in [-0.4, -0.2) is 6.04 Å². The summed E-state index contributed by atoms with van der Waals surface area (Å²) < 4.78 is 0. The fraction of sp³-hybridized carbons (Fsp3) is 1.00. The summed E-state index contributed by atoms with van der Waals surface area (Å²) in [6.45, 7) is 0. The third-order valence-electron chi connectivity index (χ3n) is 4.89. The monoisotopic (exact) mass is 223 g/mol. The van der Waals surface area contributed by atoms with E-state index in [2.05, 4.69) is 0 Å². The van der Waals surface area contributed by atoms with Crippen molar-refractivity contribution in [1.29, 1.82) is 0 Å². The largest absolute Gasteiger partial charge is 0.327 e. The third kappa shape index (κ3) is 3.76. The van der Waals surface area contributed by atoms with E-state index in [1.807, 2.05) is 0 Å². The lowest BCUT2D eigenvalue weighted by Gasteiger charge is -2.29. The van der Waals surface area contributed by atoms with Gasteiger partial charge < -0.3 is 5.73 Å². The van der Waals surface area contributed by atoms with E-state index in [1.54, 1.807) is 0 Å². The summed E-state index contributed by atoms with van der Waals surface area (Å²) in [6, 6.07) is 0.516. The summed E-state index contributed by atoms with van der Waals surface area (Å²) in [4.78, 5) is 0. The van der Waals surface area contributed by atoms with Crippen LogP contribution in [0.3, 0.4) is 0 Å². The molecule has 1 nitrogen and oxygen atoms in total. The Bertz CT molecular complexity index is 178. The number of nitrogens with two attached hydrogens (primary N) is 1. The van der Waals surface area contributed by atoms with Crippen LogP contribution in [-0.2, 0) is 0 Å². The van der Waals surface area contributed by atoms with E-state index in [-0.39, 0.29) is 0 Å². The molecule has 2 N–H and O–H groups in total. The molecule has 2 fully saturated rings. The van der Waals surface area contributed by atoms with E-state index in [0.717, 1.165) is 11.8 Å². The highest BCUT2D eigenvalue weighted by Crippen LogP contribution is 2.31. The van der Waals surface area contributed by atoms with Crippen LogP contribution in [0.15, 0.2) is 0 Å². The molecule has 0 amide bonds. The van der Waals surface area contributed by atoms with Crippen molar-refractivity contribution in [1.82, 2.24) is 0 Å². The van der Waals surface area contributed by atoms with E-state index in [9.17, 15) is 0 Å². The lowest BCUT2D eigenvalue weighted by Crippen LogP contribution is -2.32. The predicted octanol–water partition coefficient (Wildman–Crippen LogP) is 4.25. The van der Waals surface area contributed by atoms with Gasteiger partial charge in [-0.2, -0.15) is 0 Å². The molecule has 0 heterocycles. The van der Waals surface area contributed by atoms with E-state index in [1.165, 1.54) is 77.0 Å². The minimum atomic E-state index is 0.516. The highest BCUT2D eigenvalue weighted by Gasteiger charge is 2.22. The molecule has 0 aromatic carbocycles. The quantitative estimate of drug-likeness (QED) is 0.757. The Hall–Kier alpha value is -0.0400. The Kier molecular flexibility index (Phi) is 5.15. The summed E-state index contributed by atoms with van der Waals surface area (Å²) >= 11 is 0. The highest BCUT2D eigenvalue weighted by molar-refractivity contribution is 4.78. The van der Waals surface area contributed by atoms with Crippen LogP contribution in [0.25, 0.3) is 0 Å². The zero-order valence-corrected chi connectivity index (χ0v) is 10.8. The van der Waals surface area contributed by atoms with Crippen LogP contribution in [0.5, 0.6) is 0 Å². The average molecular weight is 223 g/mol. The Balaban J connectivity index is 1.63. The van der Waals surface area contributed by atoms with Crippen molar-refractivity contribution in [3.63, 3.8) is 0 Å². The van der Waals surface area contributed by atoms with E-state index >= 15 is 0 Å². The molecule has 16 heavy (non-hydrogen) atoms. The van der Waals surface area contributed by atoms with Gasteiger partial charge in [-0.15, -0.1) is 0 Å². The number of rotatable bonds is 4. The first kappa shape index (κ1) is 12.4. The molecular weight excluding hydrogens is 194 g/mol. The second-order valence-electron chi connectivity index (χ2n) is 6.14. The van der Waals surface area contributed by atoms with Gasteiger partial charge in [0.1, 0.15) is 0 Å². The highest BCUT2D eigenvalue weighted by atomic mass is 14.6. The molecule has 0 aliphatic heterocycles. The van der Waals surface area contributed by atoms with Gasteiger partial charge in [0.25, 0.3) is 0 Å². The van der Waals surface area contributed by atoms with Crippen LogP contribution in [0, 0.1) is 11.8 Å². The van der Waals surface area contributed by atoms with Gasteiger partial charge in [0.2, 0.25) is 0 Å². The molecule has 1 heteroatoms. The van der Waals surface area contributed by atoms with Crippen molar-refractivity contribution in [2.24, 2.45) is 17.6 Å². The molecule has 1 atom stereocenters. The Morgan fingerprint density at radius 2 is 1.38 bits per heavy atom. The van der Waals surface area contributed by atoms with Crippen molar-refractivity contribution in [2.75, 3.05) is 0 Å². The van der Waals surface area contributed by atoms with E-state index < -0.39 is 0 Å². The first-order chi connectivity index (χ1) is 7.86. The molecular formula is C15H29N. The van der Waals surface area contributed by atoms with Crippen LogP contribution in [0.2, 0.25) is 0 Å². The van der Waals surface area contributed by atoms with E-state index in [4.69, 9.17) is 5.73 Å². The van der Waals surface area contributed by atoms with Gasteiger partial charge in [-0.25, -0.2) is 0 Å². The Morgan fingerprint density at radius 1 is 0.812 bits per heavy atom. The van der Waals surface area contributed by atoms with Gasteiger partial charge in [-0.1, -0.05) is 51.4 Å². The standard InChI is InChI=1S/C15H29N/c16-15(14-9-5-2-6-10-14)12-11-13-7-3-1-4-8-13/h13-15H,1-12,16H2/t15-/m1/s1. The molecule has 2 aliphatic carbocycles. The molecule has 2 rings (SSSR count). The second-order valence-corrected chi connectivity index (χ2v) is 6.14. The van der Waals surface area contributed by atoms with Gasteiger partial charge in [0.15, 0.2) is 0 Å². The van der Waals surface area contributed by atoms with Crippen molar-refractivity contribution in [3.8, 4) is 0 Å². The van der Waals surface area contributed by atoms with Crippen molar-refractivity contribution < 1.29 is 0 Å². The molecule has 0 radical (unpaired) electrons. The molecule has 0 bridgehead atoms. The van der Waals surface area contributed by atoms with Crippen LogP contribution < -0.4 is 5.73 Å². The molecule has 0 unspecified atom stereocenters. The molecule has 0 spiro atoms. The smallest absolute Gasteiger partial charge is 0.00672 e.